The van der Waals surface area contributed by atoms with E-state index in [2.05, 4.69) is 121 Å². The molecule has 1 heterocycles. The van der Waals surface area contributed by atoms with Crippen LogP contribution < -0.4 is 5.32 Å². The first-order valence-electron chi connectivity index (χ1n) is 10.6. The summed E-state index contributed by atoms with van der Waals surface area (Å²) in [7, 11) is 0. The lowest BCUT2D eigenvalue weighted by Gasteiger charge is -2.22. The van der Waals surface area contributed by atoms with Crippen molar-refractivity contribution in [1.82, 2.24) is 4.98 Å². The molecule has 4 aromatic carbocycles. The lowest BCUT2D eigenvalue weighted by Crippen LogP contribution is -2.15. The van der Waals surface area contributed by atoms with E-state index in [1.165, 1.54) is 21.9 Å². The fraction of sp³-hybridized carbons (Fsp3) is 0.0690. The number of fused-ring (bicyclic) bond motifs is 1. The molecule has 0 aliphatic carbocycles. The molecule has 1 unspecified atom stereocenters. The summed E-state index contributed by atoms with van der Waals surface area (Å²) in [4.78, 5) is 5.14. The Morgan fingerprint density at radius 1 is 0.645 bits per heavy atom. The Labute approximate surface area is 183 Å². The molecule has 1 N–H and O–H groups in total. The second-order valence-electron chi connectivity index (χ2n) is 7.77. The second kappa shape index (κ2) is 8.45. The van der Waals surface area contributed by atoms with E-state index in [1.807, 2.05) is 6.07 Å². The smallest absolute Gasteiger partial charge is 0.0942 e. The zero-order valence-electron chi connectivity index (χ0n) is 17.5. The van der Waals surface area contributed by atoms with Gasteiger partial charge in [-0.3, -0.25) is 4.98 Å². The van der Waals surface area contributed by atoms with E-state index in [9.17, 15) is 0 Å². The lowest BCUT2D eigenvalue weighted by molar-refractivity contribution is 0.880. The number of anilines is 1. The summed E-state index contributed by atoms with van der Waals surface area (Å²) in [5.74, 6) is 0. The third kappa shape index (κ3) is 3.93. The minimum Gasteiger partial charge on any atom is -0.373 e. The number of hydrogen-bond donors (Lipinski definition) is 1. The van der Waals surface area contributed by atoms with E-state index in [-0.39, 0.29) is 6.04 Å². The van der Waals surface area contributed by atoms with E-state index >= 15 is 0 Å². The topological polar surface area (TPSA) is 24.9 Å². The maximum atomic E-state index is 5.14. The van der Waals surface area contributed by atoms with Crippen LogP contribution in [0.5, 0.6) is 0 Å². The number of hydrogen-bond acceptors (Lipinski definition) is 2. The number of benzene rings is 4. The summed E-state index contributed by atoms with van der Waals surface area (Å²) in [5, 5.41) is 6.15. The van der Waals surface area contributed by atoms with E-state index in [4.69, 9.17) is 4.98 Å². The van der Waals surface area contributed by atoms with Gasteiger partial charge in [0.1, 0.15) is 0 Å². The van der Waals surface area contributed by atoms with Gasteiger partial charge in [-0.2, -0.15) is 0 Å². The van der Waals surface area contributed by atoms with Crippen molar-refractivity contribution in [3.63, 3.8) is 0 Å². The van der Waals surface area contributed by atoms with Crippen LogP contribution in [0.4, 0.5) is 5.69 Å². The van der Waals surface area contributed by atoms with Gasteiger partial charge in [0.2, 0.25) is 0 Å². The van der Waals surface area contributed by atoms with Gasteiger partial charge in [-0.05, 0) is 53.1 Å². The van der Waals surface area contributed by atoms with Gasteiger partial charge >= 0.3 is 0 Å². The molecule has 0 bridgehead atoms. The first kappa shape index (κ1) is 19.1. The summed E-state index contributed by atoms with van der Waals surface area (Å²) < 4.78 is 0. The zero-order chi connectivity index (χ0) is 21.0. The van der Waals surface area contributed by atoms with Crippen molar-refractivity contribution in [2.24, 2.45) is 0 Å². The van der Waals surface area contributed by atoms with Crippen LogP contribution in [0.15, 0.2) is 115 Å². The lowest BCUT2D eigenvalue weighted by atomic mass is 9.96. The molecule has 0 saturated carbocycles. The molecule has 0 amide bonds. The second-order valence-corrected chi connectivity index (χ2v) is 7.77. The Kier molecular flexibility index (Phi) is 5.20. The summed E-state index contributed by atoms with van der Waals surface area (Å²) in [6.07, 6.45) is 0. The standard InChI is InChI=1S/C29H24N2/c1-21-11-5-7-16-24(21)29(30-23-14-3-2-4-15-23)28-20-10-19-27(31-28)26-18-9-13-22-12-6-8-17-25(22)26/h2-20,29-30H,1H3. The Bertz CT molecular complexity index is 1320. The number of rotatable bonds is 5. The number of para-hydroxylation sites is 1. The highest BCUT2D eigenvalue weighted by molar-refractivity contribution is 5.95. The fourth-order valence-corrected chi connectivity index (χ4v) is 4.13. The third-order valence-electron chi connectivity index (χ3n) is 5.72. The molecule has 1 aromatic heterocycles. The van der Waals surface area contributed by atoms with Gasteiger partial charge in [0, 0.05) is 11.3 Å². The largest absolute Gasteiger partial charge is 0.373 e. The van der Waals surface area contributed by atoms with Gasteiger partial charge in [-0.1, -0.05) is 91.0 Å². The molecule has 0 spiro atoms. The van der Waals surface area contributed by atoms with Crippen LogP contribution in [0.2, 0.25) is 0 Å². The quantitative estimate of drug-likeness (QED) is 0.332. The summed E-state index contributed by atoms with van der Waals surface area (Å²) in [5.41, 5.74) is 6.70. The summed E-state index contributed by atoms with van der Waals surface area (Å²) in [6, 6.07) is 40.0. The monoisotopic (exact) mass is 400 g/mol. The van der Waals surface area contributed by atoms with Crippen LogP contribution in [0.25, 0.3) is 22.0 Å². The summed E-state index contributed by atoms with van der Waals surface area (Å²) in [6.45, 7) is 2.16. The van der Waals surface area contributed by atoms with Crippen molar-refractivity contribution in [2.45, 2.75) is 13.0 Å². The molecule has 5 aromatic rings. The predicted molar refractivity (Wildman–Crippen MR) is 130 cm³/mol. The van der Waals surface area contributed by atoms with Gasteiger partial charge in [0.15, 0.2) is 0 Å². The number of nitrogens with one attached hydrogen (secondary N) is 1. The van der Waals surface area contributed by atoms with Crippen molar-refractivity contribution in [1.29, 1.82) is 0 Å². The maximum Gasteiger partial charge on any atom is 0.0942 e. The first-order chi connectivity index (χ1) is 15.3. The van der Waals surface area contributed by atoms with Crippen LogP contribution in [0, 0.1) is 6.92 Å². The average Bonchev–Trinajstić information content (AvgIpc) is 2.83. The van der Waals surface area contributed by atoms with Gasteiger partial charge < -0.3 is 5.32 Å². The Hall–Kier alpha value is -3.91. The third-order valence-corrected chi connectivity index (χ3v) is 5.72. The fourth-order valence-electron chi connectivity index (χ4n) is 4.13. The Balaban J connectivity index is 1.63. The minimum atomic E-state index is -0.0430. The molecule has 0 fully saturated rings. The van der Waals surface area contributed by atoms with E-state index in [1.54, 1.807) is 0 Å². The Morgan fingerprint density at radius 2 is 1.35 bits per heavy atom. The van der Waals surface area contributed by atoms with Crippen molar-refractivity contribution < 1.29 is 0 Å². The molecule has 0 aliphatic heterocycles. The van der Waals surface area contributed by atoms with Crippen LogP contribution in [-0.2, 0) is 0 Å². The Morgan fingerprint density at radius 3 is 2.23 bits per heavy atom. The molecule has 0 radical (unpaired) electrons. The molecule has 2 heteroatoms. The van der Waals surface area contributed by atoms with Crippen LogP contribution >= 0.6 is 0 Å². The molecular weight excluding hydrogens is 376 g/mol. The van der Waals surface area contributed by atoms with Crippen LogP contribution in [0.1, 0.15) is 22.9 Å². The van der Waals surface area contributed by atoms with Crippen molar-refractivity contribution in [2.75, 3.05) is 5.32 Å². The van der Waals surface area contributed by atoms with E-state index in [0.29, 0.717) is 0 Å². The highest BCUT2D eigenvalue weighted by Crippen LogP contribution is 2.31. The average molecular weight is 401 g/mol. The molecule has 31 heavy (non-hydrogen) atoms. The molecule has 1 atom stereocenters. The molecule has 2 nitrogen and oxygen atoms in total. The van der Waals surface area contributed by atoms with E-state index < -0.39 is 0 Å². The van der Waals surface area contributed by atoms with Crippen LogP contribution in [0.3, 0.4) is 0 Å². The number of nitrogens with zero attached hydrogens (tertiary/aromatic N) is 1. The molecule has 5 rings (SSSR count). The molecule has 0 aliphatic rings. The predicted octanol–water partition coefficient (Wildman–Crippen LogP) is 7.41. The molecule has 0 saturated heterocycles. The number of aryl methyl sites for hydroxylation is 1. The SMILES string of the molecule is Cc1ccccc1C(Nc1ccccc1)c1cccc(-c2cccc3ccccc23)n1. The van der Waals surface area contributed by atoms with Crippen molar-refractivity contribution in [3.05, 3.63) is 132 Å². The summed E-state index contributed by atoms with van der Waals surface area (Å²) >= 11 is 0. The first-order valence-corrected chi connectivity index (χ1v) is 10.6. The van der Waals surface area contributed by atoms with Gasteiger partial charge in [0.05, 0.1) is 17.4 Å². The number of aromatic nitrogens is 1. The minimum absolute atomic E-state index is 0.0430. The zero-order valence-corrected chi connectivity index (χ0v) is 17.5. The van der Waals surface area contributed by atoms with Gasteiger partial charge in [-0.15, -0.1) is 0 Å². The van der Waals surface area contributed by atoms with E-state index in [0.717, 1.165) is 22.6 Å². The van der Waals surface area contributed by atoms with Crippen molar-refractivity contribution in [3.8, 4) is 11.3 Å². The highest BCUT2D eigenvalue weighted by Gasteiger charge is 2.18. The van der Waals surface area contributed by atoms with Gasteiger partial charge in [-0.25, -0.2) is 0 Å². The normalized spacial score (nSPS) is 11.9. The number of pyridine rings is 1. The highest BCUT2D eigenvalue weighted by atomic mass is 14.9. The van der Waals surface area contributed by atoms with Crippen LogP contribution in [-0.4, -0.2) is 4.98 Å². The maximum absolute atomic E-state index is 5.14. The molecule has 150 valence electrons. The molecular formula is C29H24N2. The van der Waals surface area contributed by atoms with Gasteiger partial charge in [0.25, 0.3) is 0 Å². The van der Waals surface area contributed by atoms with Crippen molar-refractivity contribution >= 4 is 16.5 Å².